The minimum absolute atomic E-state index is 0.708. The zero-order chi connectivity index (χ0) is 14.7. The topological polar surface area (TPSA) is 41.1 Å². The SMILES string of the molecule is CCCNc1nc(CN(C)C2CCCC2)nc2sccc12. The molecule has 0 spiro atoms. The average molecular weight is 304 g/mol. The van der Waals surface area contributed by atoms with Gasteiger partial charge in [-0.2, -0.15) is 0 Å². The Bertz CT molecular complexity index is 589. The highest BCUT2D eigenvalue weighted by atomic mass is 32.1. The highest BCUT2D eigenvalue weighted by Gasteiger charge is 2.20. The Morgan fingerprint density at radius 3 is 2.90 bits per heavy atom. The van der Waals surface area contributed by atoms with E-state index >= 15 is 0 Å². The van der Waals surface area contributed by atoms with Gasteiger partial charge in [0.2, 0.25) is 0 Å². The number of hydrogen-bond donors (Lipinski definition) is 1. The van der Waals surface area contributed by atoms with E-state index in [9.17, 15) is 0 Å². The van der Waals surface area contributed by atoms with Crippen LogP contribution in [-0.2, 0) is 6.54 Å². The maximum atomic E-state index is 4.76. The molecule has 0 bridgehead atoms. The van der Waals surface area contributed by atoms with E-state index in [2.05, 4.69) is 35.6 Å². The summed E-state index contributed by atoms with van der Waals surface area (Å²) in [6.07, 6.45) is 6.47. The van der Waals surface area contributed by atoms with E-state index < -0.39 is 0 Å². The smallest absolute Gasteiger partial charge is 0.146 e. The van der Waals surface area contributed by atoms with Crippen LogP contribution in [0, 0.1) is 0 Å². The van der Waals surface area contributed by atoms with Gasteiger partial charge in [0.15, 0.2) is 0 Å². The van der Waals surface area contributed by atoms with Crippen molar-refractivity contribution in [2.75, 3.05) is 18.9 Å². The third-order valence-electron chi connectivity index (χ3n) is 4.25. The quantitative estimate of drug-likeness (QED) is 0.879. The average Bonchev–Trinajstić information content (AvgIpc) is 3.15. The summed E-state index contributed by atoms with van der Waals surface area (Å²) in [6, 6.07) is 2.82. The highest BCUT2D eigenvalue weighted by molar-refractivity contribution is 7.16. The molecule has 1 aliphatic rings. The predicted octanol–water partition coefficient (Wildman–Crippen LogP) is 3.89. The van der Waals surface area contributed by atoms with E-state index in [0.717, 1.165) is 41.4 Å². The van der Waals surface area contributed by atoms with Gasteiger partial charge in [-0.05, 0) is 37.8 Å². The second-order valence-electron chi connectivity index (χ2n) is 5.91. The van der Waals surface area contributed by atoms with Crippen LogP contribution in [-0.4, -0.2) is 34.5 Å². The Morgan fingerprint density at radius 1 is 1.33 bits per heavy atom. The number of rotatable bonds is 6. The van der Waals surface area contributed by atoms with Crippen molar-refractivity contribution in [3.05, 3.63) is 17.3 Å². The largest absolute Gasteiger partial charge is 0.369 e. The van der Waals surface area contributed by atoms with Gasteiger partial charge in [-0.15, -0.1) is 11.3 Å². The van der Waals surface area contributed by atoms with Gasteiger partial charge < -0.3 is 5.32 Å². The Labute approximate surface area is 130 Å². The van der Waals surface area contributed by atoms with E-state index in [-0.39, 0.29) is 0 Å². The molecule has 1 fully saturated rings. The first-order chi connectivity index (χ1) is 10.3. The van der Waals surface area contributed by atoms with Crippen molar-refractivity contribution in [1.82, 2.24) is 14.9 Å². The summed E-state index contributed by atoms with van der Waals surface area (Å²) in [4.78, 5) is 13.0. The maximum Gasteiger partial charge on any atom is 0.146 e. The molecular formula is C16H24N4S. The van der Waals surface area contributed by atoms with E-state index in [1.165, 1.54) is 25.7 Å². The third-order valence-corrected chi connectivity index (χ3v) is 5.06. The molecule has 2 aromatic rings. The van der Waals surface area contributed by atoms with Crippen molar-refractivity contribution >= 4 is 27.4 Å². The number of hydrogen-bond acceptors (Lipinski definition) is 5. The molecule has 21 heavy (non-hydrogen) atoms. The van der Waals surface area contributed by atoms with E-state index in [1.54, 1.807) is 11.3 Å². The Morgan fingerprint density at radius 2 is 2.14 bits per heavy atom. The second kappa shape index (κ2) is 6.71. The van der Waals surface area contributed by atoms with Crippen molar-refractivity contribution in [2.45, 2.75) is 51.6 Å². The lowest BCUT2D eigenvalue weighted by Gasteiger charge is -2.23. The fourth-order valence-electron chi connectivity index (χ4n) is 3.05. The zero-order valence-electron chi connectivity index (χ0n) is 12.9. The molecule has 1 aliphatic carbocycles. The van der Waals surface area contributed by atoms with Crippen LogP contribution in [0.15, 0.2) is 11.4 Å². The number of nitrogens with one attached hydrogen (secondary N) is 1. The molecule has 0 aromatic carbocycles. The van der Waals surface area contributed by atoms with Crippen molar-refractivity contribution in [3.8, 4) is 0 Å². The van der Waals surface area contributed by atoms with Gasteiger partial charge in [0, 0.05) is 12.6 Å². The molecule has 0 aliphatic heterocycles. The molecule has 5 heteroatoms. The first-order valence-corrected chi connectivity index (χ1v) is 8.84. The Kier molecular flexibility index (Phi) is 4.70. The van der Waals surface area contributed by atoms with Crippen LogP contribution in [0.4, 0.5) is 5.82 Å². The number of nitrogens with zero attached hydrogens (tertiary/aromatic N) is 3. The summed E-state index contributed by atoms with van der Waals surface area (Å²) in [5.41, 5.74) is 0. The molecule has 3 rings (SSSR count). The first kappa shape index (κ1) is 14.7. The van der Waals surface area contributed by atoms with Crippen LogP contribution >= 0.6 is 11.3 Å². The summed E-state index contributed by atoms with van der Waals surface area (Å²) in [6.45, 7) is 3.98. The van der Waals surface area contributed by atoms with Gasteiger partial charge in [0.1, 0.15) is 16.5 Å². The summed E-state index contributed by atoms with van der Waals surface area (Å²) in [5.74, 6) is 1.94. The molecule has 114 valence electrons. The van der Waals surface area contributed by atoms with Gasteiger partial charge in [-0.1, -0.05) is 19.8 Å². The normalized spacial score (nSPS) is 16.1. The van der Waals surface area contributed by atoms with E-state index in [1.807, 2.05) is 0 Å². The van der Waals surface area contributed by atoms with Gasteiger partial charge >= 0.3 is 0 Å². The van der Waals surface area contributed by atoms with Crippen molar-refractivity contribution < 1.29 is 0 Å². The second-order valence-corrected chi connectivity index (χ2v) is 6.80. The summed E-state index contributed by atoms with van der Waals surface area (Å²) in [7, 11) is 2.21. The van der Waals surface area contributed by atoms with E-state index in [0.29, 0.717) is 6.04 Å². The van der Waals surface area contributed by atoms with Gasteiger partial charge in [-0.3, -0.25) is 4.90 Å². The minimum Gasteiger partial charge on any atom is -0.369 e. The summed E-state index contributed by atoms with van der Waals surface area (Å²) >= 11 is 1.70. The van der Waals surface area contributed by atoms with Crippen LogP contribution in [0.2, 0.25) is 0 Å². The van der Waals surface area contributed by atoms with Gasteiger partial charge in [0.25, 0.3) is 0 Å². The fourth-order valence-corrected chi connectivity index (χ4v) is 3.83. The molecular weight excluding hydrogens is 280 g/mol. The third kappa shape index (κ3) is 3.35. The molecule has 0 saturated heterocycles. The van der Waals surface area contributed by atoms with Crippen LogP contribution in [0.1, 0.15) is 44.9 Å². The fraction of sp³-hybridized carbons (Fsp3) is 0.625. The lowest BCUT2D eigenvalue weighted by molar-refractivity contribution is 0.232. The maximum absolute atomic E-state index is 4.76. The number of aromatic nitrogens is 2. The molecule has 1 saturated carbocycles. The molecule has 2 heterocycles. The molecule has 0 atom stereocenters. The number of thiophene rings is 1. The molecule has 2 aromatic heterocycles. The molecule has 0 amide bonds. The van der Waals surface area contributed by atoms with Crippen LogP contribution in [0.5, 0.6) is 0 Å². The molecule has 1 N–H and O–H groups in total. The van der Waals surface area contributed by atoms with Gasteiger partial charge in [0.05, 0.1) is 11.9 Å². The Hall–Kier alpha value is -1.20. The van der Waals surface area contributed by atoms with Gasteiger partial charge in [-0.25, -0.2) is 9.97 Å². The number of fused-ring (bicyclic) bond motifs is 1. The van der Waals surface area contributed by atoms with Crippen molar-refractivity contribution in [2.24, 2.45) is 0 Å². The lowest BCUT2D eigenvalue weighted by atomic mass is 10.2. The lowest BCUT2D eigenvalue weighted by Crippen LogP contribution is -2.29. The van der Waals surface area contributed by atoms with E-state index in [4.69, 9.17) is 9.97 Å². The molecule has 4 nitrogen and oxygen atoms in total. The molecule has 0 radical (unpaired) electrons. The van der Waals surface area contributed by atoms with Crippen molar-refractivity contribution in [1.29, 1.82) is 0 Å². The van der Waals surface area contributed by atoms with Crippen LogP contribution in [0.3, 0.4) is 0 Å². The summed E-state index contributed by atoms with van der Waals surface area (Å²) < 4.78 is 0. The summed E-state index contributed by atoms with van der Waals surface area (Å²) in [5, 5.41) is 6.70. The standard InChI is InChI=1S/C16H24N4S/c1-3-9-17-15-13-8-10-21-16(13)19-14(18-15)11-20(2)12-6-4-5-7-12/h8,10,12H,3-7,9,11H2,1-2H3,(H,17,18,19). The van der Waals surface area contributed by atoms with Crippen LogP contribution < -0.4 is 5.32 Å². The van der Waals surface area contributed by atoms with Crippen molar-refractivity contribution in [3.63, 3.8) is 0 Å². The highest BCUT2D eigenvalue weighted by Crippen LogP contribution is 2.27. The van der Waals surface area contributed by atoms with Crippen LogP contribution in [0.25, 0.3) is 10.2 Å². The minimum atomic E-state index is 0.708. The Balaban J connectivity index is 1.80. The zero-order valence-corrected chi connectivity index (χ0v) is 13.7. The molecule has 0 unspecified atom stereocenters. The predicted molar refractivity (Wildman–Crippen MR) is 89.9 cm³/mol. The number of anilines is 1. The first-order valence-electron chi connectivity index (χ1n) is 7.96. The monoisotopic (exact) mass is 304 g/mol.